The van der Waals surface area contributed by atoms with Crippen molar-refractivity contribution in [2.24, 2.45) is 0 Å². The highest BCUT2D eigenvalue weighted by Crippen LogP contribution is 2.47. The summed E-state index contributed by atoms with van der Waals surface area (Å²) in [5.74, 6) is 2.21. The van der Waals surface area contributed by atoms with Crippen LogP contribution in [0.5, 0.6) is 23.0 Å². The smallest absolute Gasteiger partial charge is 0.339 e. The number of benzene rings is 2. The Labute approximate surface area is 156 Å². The van der Waals surface area contributed by atoms with Gasteiger partial charge in [0.15, 0.2) is 23.0 Å². The van der Waals surface area contributed by atoms with Gasteiger partial charge in [-0.2, -0.15) is 0 Å². The van der Waals surface area contributed by atoms with E-state index in [2.05, 4.69) is 5.32 Å². The number of fused-ring (bicyclic) bond motifs is 3. The van der Waals surface area contributed by atoms with Crippen molar-refractivity contribution in [3.8, 4) is 23.0 Å². The molecule has 0 radical (unpaired) electrons. The van der Waals surface area contributed by atoms with Gasteiger partial charge in [-0.25, -0.2) is 4.79 Å². The van der Waals surface area contributed by atoms with Crippen LogP contribution in [0, 0.1) is 0 Å². The van der Waals surface area contributed by atoms with Crippen molar-refractivity contribution in [3.63, 3.8) is 0 Å². The molecule has 0 saturated heterocycles. The normalized spacial score (nSPS) is 22.1. The van der Waals surface area contributed by atoms with Crippen molar-refractivity contribution in [2.75, 3.05) is 27.6 Å². The fourth-order valence-electron chi connectivity index (χ4n) is 4.04. The van der Waals surface area contributed by atoms with Gasteiger partial charge in [-0.05, 0) is 48.4 Å². The fourth-order valence-corrected chi connectivity index (χ4v) is 4.04. The summed E-state index contributed by atoms with van der Waals surface area (Å²) in [6, 6.07) is 7.34. The van der Waals surface area contributed by atoms with E-state index < -0.39 is 6.10 Å². The van der Waals surface area contributed by atoms with Gasteiger partial charge in [-0.15, -0.1) is 0 Å². The fraction of sp³-hybridized carbons (Fsp3) is 0.350. The van der Waals surface area contributed by atoms with Crippen LogP contribution in [0.3, 0.4) is 0 Å². The molecule has 1 N–H and O–H groups in total. The molecule has 0 aromatic heterocycles. The van der Waals surface area contributed by atoms with E-state index in [9.17, 15) is 4.79 Å². The van der Waals surface area contributed by atoms with Gasteiger partial charge in [0.05, 0.1) is 25.8 Å². The summed E-state index contributed by atoms with van der Waals surface area (Å²) in [4.78, 5) is 12.5. The van der Waals surface area contributed by atoms with Gasteiger partial charge in [0.25, 0.3) is 0 Å². The second kappa shape index (κ2) is 6.06. The lowest BCUT2D eigenvalue weighted by molar-refractivity contribution is 0.0286. The summed E-state index contributed by atoms with van der Waals surface area (Å²) >= 11 is 0. The molecule has 0 saturated carbocycles. The molecule has 3 heterocycles. The van der Waals surface area contributed by atoms with Crippen molar-refractivity contribution in [1.29, 1.82) is 0 Å². The van der Waals surface area contributed by atoms with E-state index in [-0.39, 0.29) is 18.8 Å². The zero-order valence-electron chi connectivity index (χ0n) is 15.0. The van der Waals surface area contributed by atoms with Crippen LogP contribution >= 0.6 is 0 Å². The molecular weight excluding hydrogens is 350 g/mol. The number of hydrogen-bond donors (Lipinski definition) is 1. The largest absolute Gasteiger partial charge is 0.493 e. The van der Waals surface area contributed by atoms with E-state index >= 15 is 0 Å². The summed E-state index contributed by atoms with van der Waals surface area (Å²) in [7, 11) is 3.12. The Morgan fingerprint density at radius 3 is 2.52 bits per heavy atom. The van der Waals surface area contributed by atoms with E-state index in [0.717, 1.165) is 35.6 Å². The SMILES string of the molecule is COc1cc2c(cc1OC)C(C1NCCc3cc4c(cc31)OCO4)OC2=O. The zero-order chi connectivity index (χ0) is 18.5. The van der Waals surface area contributed by atoms with Crippen molar-refractivity contribution in [3.05, 3.63) is 46.5 Å². The highest BCUT2D eigenvalue weighted by molar-refractivity contribution is 5.95. The third-order valence-electron chi connectivity index (χ3n) is 5.35. The van der Waals surface area contributed by atoms with E-state index in [4.69, 9.17) is 23.7 Å². The molecule has 0 fully saturated rings. The van der Waals surface area contributed by atoms with Gasteiger partial charge in [0.1, 0.15) is 6.10 Å². The maximum atomic E-state index is 12.5. The molecule has 2 aromatic rings. The van der Waals surface area contributed by atoms with Crippen LogP contribution in [-0.4, -0.2) is 33.5 Å². The van der Waals surface area contributed by atoms with E-state index in [1.807, 2.05) is 18.2 Å². The Bertz CT molecular complexity index is 941. The molecule has 2 unspecified atom stereocenters. The van der Waals surface area contributed by atoms with Crippen molar-refractivity contribution in [1.82, 2.24) is 5.32 Å². The first kappa shape index (κ1) is 16.3. The predicted octanol–water partition coefficient (Wildman–Crippen LogP) is 2.53. The number of cyclic esters (lactones) is 1. The minimum atomic E-state index is -0.452. The molecule has 0 amide bonds. The Kier molecular flexibility index (Phi) is 3.65. The number of carbonyl (C=O) groups excluding carboxylic acids is 1. The van der Waals surface area contributed by atoms with Crippen LogP contribution in [0.15, 0.2) is 24.3 Å². The van der Waals surface area contributed by atoms with Gasteiger partial charge < -0.3 is 29.0 Å². The molecule has 5 rings (SSSR count). The summed E-state index contributed by atoms with van der Waals surface area (Å²) in [5.41, 5.74) is 3.53. The van der Waals surface area contributed by atoms with E-state index in [0.29, 0.717) is 17.1 Å². The lowest BCUT2D eigenvalue weighted by Gasteiger charge is -2.31. The number of hydrogen-bond acceptors (Lipinski definition) is 7. The first-order chi connectivity index (χ1) is 13.2. The molecule has 0 aliphatic carbocycles. The topological polar surface area (TPSA) is 75.2 Å². The summed E-state index contributed by atoms with van der Waals surface area (Å²) in [5, 5.41) is 3.49. The van der Waals surface area contributed by atoms with Crippen LogP contribution < -0.4 is 24.3 Å². The average Bonchev–Trinajstić information content (AvgIpc) is 3.28. The zero-order valence-corrected chi connectivity index (χ0v) is 15.0. The van der Waals surface area contributed by atoms with Crippen LogP contribution in [0.25, 0.3) is 0 Å². The number of esters is 1. The summed E-state index contributed by atoms with van der Waals surface area (Å²) in [6.07, 6.45) is 0.425. The Morgan fingerprint density at radius 1 is 1.00 bits per heavy atom. The molecule has 27 heavy (non-hydrogen) atoms. The molecule has 2 aromatic carbocycles. The Morgan fingerprint density at radius 2 is 1.74 bits per heavy atom. The maximum absolute atomic E-state index is 12.5. The summed E-state index contributed by atoms with van der Waals surface area (Å²) in [6.45, 7) is 1.02. The number of rotatable bonds is 3. The van der Waals surface area contributed by atoms with Gasteiger partial charge in [-0.3, -0.25) is 0 Å². The first-order valence-electron chi connectivity index (χ1n) is 8.82. The number of methoxy groups -OCH3 is 2. The van der Waals surface area contributed by atoms with Crippen molar-refractivity contribution < 1.29 is 28.5 Å². The molecule has 0 spiro atoms. The quantitative estimate of drug-likeness (QED) is 0.833. The first-order valence-corrected chi connectivity index (χ1v) is 8.82. The predicted molar refractivity (Wildman–Crippen MR) is 94.7 cm³/mol. The molecule has 0 bridgehead atoms. The lowest BCUT2D eigenvalue weighted by atomic mass is 9.87. The third-order valence-corrected chi connectivity index (χ3v) is 5.35. The van der Waals surface area contributed by atoms with Gasteiger partial charge in [0, 0.05) is 5.56 Å². The summed E-state index contributed by atoms with van der Waals surface area (Å²) < 4.78 is 27.5. The number of ether oxygens (including phenoxy) is 5. The minimum Gasteiger partial charge on any atom is -0.493 e. The average molecular weight is 369 g/mol. The second-order valence-corrected chi connectivity index (χ2v) is 6.71. The van der Waals surface area contributed by atoms with Crippen LogP contribution in [-0.2, 0) is 11.2 Å². The third kappa shape index (κ3) is 2.42. The minimum absolute atomic E-state index is 0.174. The van der Waals surface area contributed by atoms with Crippen LogP contribution in [0.1, 0.15) is 39.2 Å². The highest BCUT2D eigenvalue weighted by atomic mass is 16.7. The molecule has 3 aliphatic heterocycles. The van der Waals surface area contributed by atoms with Gasteiger partial charge in [0.2, 0.25) is 6.79 Å². The molecule has 140 valence electrons. The maximum Gasteiger partial charge on any atom is 0.339 e. The number of carbonyl (C=O) groups is 1. The molecule has 3 aliphatic rings. The highest BCUT2D eigenvalue weighted by Gasteiger charge is 2.41. The Balaban J connectivity index is 1.60. The van der Waals surface area contributed by atoms with E-state index in [1.54, 1.807) is 20.3 Å². The molecular formula is C20H19NO6. The van der Waals surface area contributed by atoms with Crippen LogP contribution in [0.2, 0.25) is 0 Å². The van der Waals surface area contributed by atoms with Crippen LogP contribution in [0.4, 0.5) is 0 Å². The molecule has 7 heteroatoms. The second-order valence-electron chi connectivity index (χ2n) is 6.71. The van der Waals surface area contributed by atoms with Gasteiger partial charge >= 0.3 is 5.97 Å². The van der Waals surface area contributed by atoms with E-state index in [1.165, 1.54) is 5.56 Å². The number of nitrogens with one attached hydrogen (secondary N) is 1. The lowest BCUT2D eigenvalue weighted by Crippen LogP contribution is -2.34. The van der Waals surface area contributed by atoms with Crippen molar-refractivity contribution in [2.45, 2.75) is 18.6 Å². The standard InChI is InChI=1S/C20H19NO6/c1-23-14-7-12-13(8-15(14)24-2)20(22)27-19(12)18-11-6-17-16(25-9-26-17)5-10(11)3-4-21-18/h5-8,18-19,21H,3-4,9H2,1-2H3. The van der Waals surface area contributed by atoms with Crippen molar-refractivity contribution >= 4 is 5.97 Å². The monoisotopic (exact) mass is 369 g/mol. The molecule has 2 atom stereocenters. The Hall–Kier alpha value is -2.93. The van der Waals surface area contributed by atoms with Gasteiger partial charge in [-0.1, -0.05) is 0 Å². The molecule has 7 nitrogen and oxygen atoms in total.